The van der Waals surface area contributed by atoms with Crippen molar-refractivity contribution in [1.82, 2.24) is 0 Å². The molecule has 2 aromatic rings. The zero-order valence-electron chi connectivity index (χ0n) is 16.9. The summed E-state index contributed by atoms with van der Waals surface area (Å²) in [5.41, 5.74) is 0.346. The molecule has 0 aliphatic carbocycles. The number of hydrogen-bond acceptors (Lipinski definition) is 1. The molecule has 0 aromatic heterocycles. The van der Waals surface area contributed by atoms with Crippen molar-refractivity contribution in [1.29, 1.82) is 0 Å². The standard InChI is InChI=1S/C19H20O/c1-19(2,3)18(20)14-17(15-10-6-4-7-11-15)16-12-8-5-9-13-16/h4-14H,1-3H3/i4D,6D,7D,10D,11D/b17-14+. The van der Waals surface area contributed by atoms with Crippen molar-refractivity contribution in [2.45, 2.75) is 20.8 Å². The molecular weight excluding hydrogens is 244 g/mol. The molecule has 0 spiro atoms. The molecule has 0 aliphatic heterocycles. The highest BCUT2D eigenvalue weighted by Crippen LogP contribution is 2.26. The lowest BCUT2D eigenvalue weighted by molar-refractivity contribution is -0.121. The Morgan fingerprint density at radius 1 is 1.00 bits per heavy atom. The number of benzene rings is 2. The highest BCUT2D eigenvalue weighted by molar-refractivity contribution is 6.02. The lowest BCUT2D eigenvalue weighted by Crippen LogP contribution is -2.18. The summed E-state index contributed by atoms with van der Waals surface area (Å²) in [6, 6.07) is 6.96. The fraction of sp³-hybridized carbons (Fsp3) is 0.211. The van der Waals surface area contributed by atoms with Crippen LogP contribution in [0.1, 0.15) is 38.8 Å². The quantitative estimate of drug-likeness (QED) is 0.736. The van der Waals surface area contributed by atoms with Crippen LogP contribution in [-0.4, -0.2) is 5.78 Å². The van der Waals surface area contributed by atoms with E-state index in [1.54, 1.807) is 45.0 Å². The van der Waals surface area contributed by atoms with Gasteiger partial charge in [-0.15, -0.1) is 0 Å². The summed E-state index contributed by atoms with van der Waals surface area (Å²) in [5.74, 6) is -0.182. The van der Waals surface area contributed by atoms with Crippen LogP contribution in [0.15, 0.2) is 66.6 Å². The summed E-state index contributed by atoms with van der Waals surface area (Å²) in [6.45, 7) is 5.32. The van der Waals surface area contributed by atoms with Gasteiger partial charge >= 0.3 is 0 Å². The van der Waals surface area contributed by atoms with Crippen LogP contribution in [0.25, 0.3) is 5.57 Å². The summed E-state index contributed by atoms with van der Waals surface area (Å²) in [6.07, 6.45) is 1.38. The molecule has 0 saturated carbocycles. The Labute approximate surface area is 128 Å². The van der Waals surface area contributed by atoms with E-state index in [-0.39, 0.29) is 23.4 Å². The summed E-state index contributed by atoms with van der Waals surface area (Å²) < 4.78 is 39.9. The van der Waals surface area contributed by atoms with Gasteiger partial charge in [0, 0.05) is 5.41 Å². The third kappa shape index (κ3) is 3.45. The van der Waals surface area contributed by atoms with Gasteiger partial charge in [-0.05, 0) is 22.8 Å². The lowest BCUT2D eigenvalue weighted by Gasteiger charge is -2.16. The second kappa shape index (κ2) is 5.87. The van der Waals surface area contributed by atoms with Gasteiger partial charge < -0.3 is 0 Å². The molecule has 0 aliphatic rings. The summed E-state index contributed by atoms with van der Waals surface area (Å²) in [4.78, 5) is 12.6. The Bertz CT molecular complexity index is 819. The summed E-state index contributed by atoms with van der Waals surface area (Å²) >= 11 is 0. The van der Waals surface area contributed by atoms with Crippen molar-refractivity contribution >= 4 is 11.4 Å². The Hall–Kier alpha value is -2.15. The van der Waals surface area contributed by atoms with Crippen LogP contribution in [0.5, 0.6) is 0 Å². The first-order valence-corrected chi connectivity index (χ1v) is 6.44. The predicted molar refractivity (Wildman–Crippen MR) is 84.4 cm³/mol. The molecule has 1 heteroatoms. The van der Waals surface area contributed by atoms with E-state index in [9.17, 15) is 4.79 Å². The van der Waals surface area contributed by atoms with Crippen LogP contribution in [0, 0.1) is 5.41 Å². The third-order valence-electron chi connectivity index (χ3n) is 2.87. The second-order valence-electron chi connectivity index (χ2n) is 5.54. The molecule has 0 radical (unpaired) electrons. The fourth-order valence-electron chi connectivity index (χ4n) is 1.65. The van der Waals surface area contributed by atoms with Crippen LogP contribution in [0.4, 0.5) is 0 Å². The number of carbonyl (C=O) groups is 1. The van der Waals surface area contributed by atoms with E-state index in [0.717, 1.165) is 0 Å². The van der Waals surface area contributed by atoms with E-state index in [2.05, 4.69) is 0 Å². The molecule has 0 saturated heterocycles. The van der Waals surface area contributed by atoms with E-state index >= 15 is 0 Å². The maximum atomic E-state index is 12.6. The van der Waals surface area contributed by atoms with Crippen molar-refractivity contribution in [2.24, 2.45) is 5.41 Å². The van der Waals surface area contributed by atoms with Gasteiger partial charge in [-0.3, -0.25) is 4.79 Å². The largest absolute Gasteiger partial charge is 0.294 e. The van der Waals surface area contributed by atoms with Gasteiger partial charge in [-0.25, -0.2) is 0 Å². The van der Waals surface area contributed by atoms with Crippen LogP contribution in [-0.2, 0) is 4.79 Å². The molecule has 20 heavy (non-hydrogen) atoms. The Morgan fingerprint density at radius 3 is 2.15 bits per heavy atom. The lowest BCUT2D eigenvalue weighted by atomic mass is 9.87. The Kier molecular flexibility index (Phi) is 2.62. The average molecular weight is 269 g/mol. The molecule has 0 bridgehead atoms. The molecule has 1 nitrogen and oxygen atoms in total. The van der Waals surface area contributed by atoms with Crippen molar-refractivity contribution in [3.8, 4) is 0 Å². The summed E-state index contributed by atoms with van der Waals surface area (Å²) in [5, 5.41) is 0. The summed E-state index contributed by atoms with van der Waals surface area (Å²) in [7, 11) is 0. The predicted octanol–water partition coefficient (Wildman–Crippen LogP) is 4.73. The van der Waals surface area contributed by atoms with Crippen LogP contribution >= 0.6 is 0 Å². The first kappa shape index (κ1) is 8.91. The monoisotopic (exact) mass is 269 g/mol. The molecule has 0 heterocycles. The van der Waals surface area contributed by atoms with E-state index in [0.29, 0.717) is 11.1 Å². The van der Waals surface area contributed by atoms with Gasteiger partial charge in [0.15, 0.2) is 5.78 Å². The number of allylic oxidation sites excluding steroid dienone is 1. The maximum Gasteiger partial charge on any atom is 0.161 e. The number of hydrogen-bond donors (Lipinski definition) is 0. The SMILES string of the molecule is [2H]c1c([2H])c([2H])c(/C(=C\C(=O)C(C)(C)C)c2ccccc2)c([2H])c1[2H]. The molecule has 0 amide bonds. The van der Waals surface area contributed by atoms with Gasteiger partial charge in [0.05, 0.1) is 6.85 Å². The average Bonchev–Trinajstić information content (AvgIpc) is 2.57. The Morgan fingerprint density at radius 2 is 1.60 bits per heavy atom. The van der Waals surface area contributed by atoms with Crippen molar-refractivity contribution < 1.29 is 11.6 Å². The first-order chi connectivity index (χ1) is 11.6. The molecular formula is C19H20O. The molecule has 2 aromatic carbocycles. The minimum absolute atomic E-state index is 0.0369. The third-order valence-corrected chi connectivity index (χ3v) is 2.87. The number of carbonyl (C=O) groups excluding carboxylic acids is 1. The van der Waals surface area contributed by atoms with Crippen molar-refractivity contribution in [3.63, 3.8) is 0 Å². The van der Waals surface area contributed by atoms with Crippen LogP contribution in [0.2, 0.25) is 0 Å². The topological polar surface area (TPSA) is 17.1 Å². The zero-order chi connectivity index (χ0) is 18.9. The van der Waals surface area contributed by atoms with E-state index in [1.807, 2.05) is 6.07 Å². The highest BCUT2D eigenvalue weighted by atomic mass is 16.1. The van der Waals surface area contributed by atoms with E-state index < -0.39 is 23.5 Å². The highest BCUT2D eigenvalue weighted by Gasteiger charge is 2.20. The molecule has 0 atom stereocenters. The fourth-order valence-corrected chi connectivity index (χ4v) is 1.65. The van der Waals surface area contributed by atoms with Gasteiger partial charge in [-0.1, -0.05) is 81.3 Å². The first-order valence-electron chi connectivity index (χ1n) is 8.94. The van der Waals surface area contributed by atoms with Gasteiger partial charge in [0.2, 0.25) is 0 Å². The molecule has 0 N–H and O–H groups in total. The zero-order valence-corrected chi connectivity index (χ0v) is 11.9. The van der Waals surface area contributed by atoms with E-state index in [4.69, 9.17) is 6.85 Å². The Balaban J connectivity index is 2.84. The van der Waals surface area contributed by atoms with Crippen molar-refractivity contribution in [3.05, 3.63) is 77.7 Å². The minimum Gasteiger partial charge on any atom is -0.294 e. The van der Waals surface area contributed by atoms with Crippen LogP contribution in [0.3, 0.4) is 0 Å². The minimum atomic E-state index is -0.645. The normalized spacial score (nSPS) is 15.8. The smallest absolute Gasteiger partial charge is 0.161 e. The molecule has 2 rings (SSSR count). The van der Waals surface area contributed by atoms with Gasteiger partial charge in [-0.2, -0.15) is 0 Å². The number of rotatable bonds is 3. The second-order valence-corrected chi connectivity index (χ2v) is 5.54. The molecule has 102 valence electrons. The van der Waals surface area contributed by atoms with Crippen LogP contribution < -0.4 is 0 Å². The maximum absolute atomic E-state index is 12.6. The molecule has 0 fully saturated rings. The van der Waals surface area contributed by atoms with E-state index in [1.165, 1.54) is 6.08 Å². The molecule has 0 unspecified atom stereocenters. The van der Waals surface area contributed by atoms with Gasteiger partial charge in [0.25, 0.3) is 0 Å². The number of ketones is 1. The van der Waals surface area contributed by atoms with Crippen molar-refractivity contribution in [2.75, 3.05) is 0 Å². The van der Waals surface area contributed by atoms with Gasteiger partial charge in [0.1, 0.15) is 0 Å².